The van der Waals surface area contributed by atoms with Crippen LogP contribution in [0.15, 0.2) is 11.2 Å². The Morgan fingerprint density at radius 2 is 2.20 bits per heavy atom. The second-order valence-electron chi connectivity index (χ2n) is 5.23. The molecule has 0 aromatic carbocycles. The molecule has 0 unspecified atom stereocenters. The van der Waals surface area contributed by atoms with Crippen LogP contribution in [0, 0.1) is 0 Å². The molecule has 1 fully saturated rings. The summed E-state index contributed by atoms with van der Waals surface area (Å²) in [5, 5.41) is 10.1. The zero-order chi connectivity index (χ0) is 14.6. The molecular weight excluding hydrogens is 276 g/mol. The lowest BCUT2D eigenvalue weighted by Gasteiger charge is -2.20. The van der Waals surface area contributed by atoms with Crippen LogP contribution in [0.4, 0.5) is 0 Å². The Balaban J connectivity index is 2.12. The fourth-order valence-electron chi connectivity index (χ4n) is 2.10. The Morgan fingerprint density at radius 1 is 1.45 bits per heavy atom. The fraction of sp³-hybridized carbons (Fsp3) is 0.769. The summed E-state index contributed by atoms with van der Waals surface area (Å²) in [4.78, 5) is 0. The molecule has 1 aliphatic carbocycles. The van der Waals surface area contributed by atoms with E-state index in [2.05, 4.69) is 22.4 Å². The van der Waals surface area contributed by atoms with Gasteiger partial charge in [-0.05, 0) is 19.3 Å². The van der Waals surface area contributed by atoms with Gasteiger partial charge in [0.2, 0.25) is 0 Å². The van der Waals surface area contributed by atoms with E-state index in [1.165, 1.54) is 17.1 Å². The van der Waals surface area contributed by atoms with Crippen molar-refractivity contribution in [3.63, 3.8) is 0 Å². The number of sulfonamides is 1. The molecule has 0 amide bonds. The van der Waals surface area contributed by atoms with E-state index in [1.807, 2.05) is 6.92 Å². The van der Waals surface area contributed by atoms with Crippen molar-refractivity contribution >= 4 is 10.0 Å². The number of hydrogen-bond acceptors (Lipinski definition) is 4. The molecule has 1 aromatic heterocycles. The van der Waals surface area contributed by atoms with Crippen LogP contribution in [0.1, 0.15) is 45.1 Å². The van der Waals surface area contributed by atoms with Crippen LogP contribution in [0.2, 0.25) is 0 Å². The van der Waals surface area contributed by atoms with Crippen molar-refractivity contribution in [1.29, 1.82) is 0 Å². The van der Waals surface area contributed by atoms with Crippen molar-refractivity contribution in [3.05, 3.63) is 11.8 Å². The highest BCUT2D eigenvalue weighted by molar-refractivity contribution is 7.89. The molecule has 20 heavy (non-hydrogen) atoms. The number of hydrogen-bond donors (Lipinski definition) is 2. The van der Waals surface area contributed by atoms with Crippen LogP contribution in [0.25, 0.3) is 0 Å². The molecule has 1 aromatic rings. The Bertz CT molecular complexity index is 522. The summed E-state index contributed by atoms with van der Waals surface area (Å²) in [5.74, 6) is 0. The Labute approximate surface area is 121 Å². The quantitative estimate of drug-likeness (QED) is 0.724. The van der Waals surface area contributed by atoms with E-state index < -0.39 is 10.0 Å². The first kappa shape index (κ1) is 15.5. The highest BCUT2D eigenvalue weighted by Crippen LogP contribution is 2.22. The molecule has 0 atom stereocenters. The maximum atomic E-state index is 12.6. The fourth-order valence-corrected chi connectivity index (χ4v) is 3.69. The first-order chi connectivity index (χ1) is 9.59. The first-order valence-electron chi connectivity index (χ1n) is 7.35. The molecule has 6 nitrogen and oxygen atoms in total. The average Bonchev–Trinajstić information content (AvgIpc) is 3.13. The highest BCUT2D eigenvalue weighted by atomic mass is 32.2. The minimum Gasteiger partial charge on any atom is -0.310 e. The number of aromatic amines is 1. The average molecular weight is 300 g/mol. The van der Waals surface area contributed by atoms with Gasteiger partial charge < -0.3 is 5.32 Å². The van der Waals surface area contributed by atoms with Crippen molar-refractivity contribution in [3.8, 4) is 0 Å². The van der Waals surface area contributed by atoms with E-state index in [4.69, 9.17) is 0 Å². The number of unbranched alkanes of at least 4 members (excludes halogenated alkanes) is 1. The smallest absolute Gasteiger partial charge is 0.260 e. The summed E-state index contributed by atoms with van der Waals surface area (Å²) in [6, 6.07) is 0.544. The monoisotopic (exact) mass is 300 g/mol. The van der Waals surface area contributed by atoms with Crippen LogP contribution in [0.3, 0.4) is 0 Å². The summed E-state index contributed by atoms with van der Waals surface area (Å²) < 4.78 is 26.8. The van der Waals surface area contributed by atoms with Crippen LogP contribution >= 0.6 is 0 Å². The largest absolute Gasteiger partial charge is 0.310 e. The maximum absolute atomic E-state index is 12.6. The van der Waals surface area contributed by atoms with Gasteiger partial charge in [-0.1, -0.05) is 20.3 Å². The molecule has 0 saturated heterocycles. The number of rotatable bonds is 9. The topological polar surface area (TPSA) is 78.1 Å². The minimum absolute atomic E-state index is 0.239. The van der Waals surface area contributed by atoms with Gasteiger partial charge in [-0.2, -0.15) is 9.40 Å². The molecule has 7 heteroatoms. The second-order valence-corrected chi connectivity index (χ2v) is 7.10. The number of nitrogens with zero attached hydrogens (tertiary/aromatic N) is 2. The molecular formula is C13H24N4O2S. The maximum Gasteiger partial charge on any atom is 0.260 e. The van der Waals surface area contributed by atoms with E-state index in [9.17, 15) is 8.42 Å². The molecule has 2 N–H and O–H groups in total. The van der Waals surface area contributed by atoms with Gasteiger partial charge in [0.05, 0.1) is 6.20 Å². The predicted octanol–water partition coefficient (Wildman–Crippen LogP) is 1.47. The Kier molecular flexibility index (Phi) is 5.17. The number of aromatic nitrogens is 2. The molecule has 1 heterocycles. The molecule has 0 spiro atoms. The Morgan fingerprint density at radius 3 is 2.80 bits per heavy atom. The first-order valence-corrected chi connectivity index (χ1v) is 8.79. The van der Waals surface area contributed by atoms with Gasteiger partial charge >= 0.3 is 0 Å². The van der Waals surface area contributed by atoms with E-state index >= 15 is 0 Å². The van der Waals surface area contributed by atoms with E-state index in [0.29, 0.717) is 25.7 Å². The van der Waals surface area contributed by atoms with E-state index in [-0.39, 0.29) is 5.03 Å². The van der Waals surface area contributed by atoms with Crippen molar-refractivity contribution in [2.45, 2.75) is 57.1 Å². The lowest BCUT2D eigenvalue weighted by atomic mass is 10.3. The van der Waals surface area contributed by atoms with Gasteiger partial charge in [0.25, 0.3) is 10.0 Å². The molecule has 0 radical (unpaired) electrons. The van der Waals surface area contributed by atoms with E-state index in [0.717, 1.165) is 18.4 Å². The van der Waals surface area contributed by atoms with Crippen LogP contribution in [-0.2, 0) is 16.6 Å². The molecule has 114 valence electrons. The third kappa shape index (κ3) is 3.59. The summed E-state index contributed by atoms with van der Waals surface area (Å²) in [5.41, 5.74) is 0.729. The highest BCUT2D eigenvalue weighted by Gasteiger charge is 2.28. The SMILES string of the molecule is CCCCN(CC)S(=O)(=O)c1[nH]ncc1CNC1CC1. The minimum atomic E-state index is -3.46. The molecule has 1 saturated carbocycles. The summed E-state index contributed by atoms with van der Waals surface area (Å²) in [6.07, 6.45) is 5.81. The zero-order valence-corrected chi connectivity index (χ0v) is 13.0. The van der Waals surface area contributed by atoms with Gasteiger partial charge in [0, 0.05) is 31.2 Å². The summed E-state index contributed by atoms with van der Waals surface area (Å²) >= 11 is 0. The summed E-state index contributed by atoms with van der Waals surface area (Å²) in [7, 11) is -3.46. The van der Waals surface area contributed by atoms with Gasteiger partial charge in [-0.25, -0.2) is 8.42 Å². The number of H-pyrrole nitrogens is 1. The van der Waals surface area contributed by atoms with Crippen molar-refractivity contribution in [2.75, 3.05) is 13.1 Å². The van der Waals surface area contributed by atoms with Gasteiger partial charge in [-0.15, -0.1) is 0 Å². The number of nitrogens with one attached hydrogen (secondary N) is 2. The van der Waals surface area contributed by atoms with Crippen LogP contribution in [0.5, 0.6) is 0 Å². The third-order valence-corrected chi connectivity index (χ3v) is 5.54. The lowest BCUT2D eigenvalue weighted by Crippen LogP contribution is -2.33. The van der Waals surface area contributed by atoms with Crippen molar-refractivity contribution in [2.24, 2.45) is 0 Å². The van der Waals surface area contributed by atoms with E-state index in [1.54, 1.807) is 6.20 Å². The van der Waals surface area contributed by atoms with Crippen LogP contribution < -0.4 is 5.32 Å². The van der Waals surface area contributed by atoms with Gasteiger partial charge in [0.15, 0.2) is 5.03 Å². The van der Waals surface area contributed by atoms with Gasteiger partial charge in [0.1, 0.15) is 0 Å². The summed E-state index contributed by atoms with van der Waals surface area (Å²) in [6.45, 7) is 5.52. The Hall–Kier alpha value is -0.920. The van der Waals surface area contributed by atoms with Gasteiger partial charge in [-0.3, -0.25) is 5.10 Å². The normalized spacial score (nSPS) is 15.9. The van der Waals surface area contributed by atoms with Crippen molar-refractivity contribution < 1.29 is 8.42 Å². The second kappa shape index (κ2) is 6.69. The molecule has 0 bridgehead atoms. The molecule has 2 rings (SSSR count). The predicted molar refractivity (Wildman–Crippen MR) is 77.8 cm³/mol. The zero-order valence-electron chi connectivity index (χ0n) is 12.2. The third-order valence-electron chi connectivity index (χ3n) is 3.55. The lowest BCUT2D eigenvalue weighted by molar-refractivity contribution is 0.416. The van der Waals surface area contributed by atoms with Crippen LogP contribution in [-0.4, -0.2) is 42.1 Å². The van der Waals surface area contributed by atoms with Crippen molar-refractivity contribution in [1.82, 2.24) is 19.8 Å². The molecule has 1 aliphatic rings. The molecule has 0 aliphatic heterocycles. The standard InChI is InChI=1S/C13H24N4O2S/c1-3-5-8-17(4-2)20(18,19)13-11(10-15-16-13)9-14-12-6-7-12/h10,12,14H,3-9H2,1-2H3,(H,15,16).